The average Bonchev–Trinajstić information content (AvgIpc) is 3.59. The average molecular weight is 473 g/mol. The number of nitrogens with one attached hydrogen (secondary N) is 2. The summed E-state index contributed by atoms with van der Waals surface area (Å²) in [4.78, 5) is 23.0. The first-order valence-corrected chi connectivity index (χ1v) is 13.1. The Morgan fingerprint density at radius 2 is 1.88 bits per heavy atom. The minimum Gasteiger partial charge on any atom is -0.360 e. The fourth-order valence-electron chi connectivity index (χ4n) is 3.81. The van der Waals surface area contributed by atoms with Crippen LogP contribution >= 0.6 is 11.3 Å². The first kappa shape index (κ1) is 21.4. The molecule has 0 spiro atoms. The number of amides is 1. The number of aromatic nitrogens is 2. The van der Waals surface area contributed by atoms with Gasteiger partial charge in [-0.15, -0.1) is 0 Å². The number of carbonyl (C=O) groups is 1. The summed E-state index contributed by atoms with van der Waals surface area (Å²) < 4.78 is 31.3. The van der Waals surface area contributed by atoms with Crippen LogP contribution in [0, 0.1) is 0 Å². The van der Waals surface area contributed by atoms with Crippen molar-refractivity contribution in [2.75, 3.05) is 18.4 Å². The van der Waals surface area contributed by atoms with Gasteiger partial charge in [-0.25, -0.2) is 18.4 Å². The summed E-state index contributed by atoms with van der Waals surface area (Å²) in [5, 5.41) is 6.33. The van der Waals surface area contributed by atoms with Crippen LogP contribution in [-0.2, 0) is 19.4 Å². The van der Waals surface area contributed by atoms with Crippen molar-refractivity contribution in [1.29, 1.82) is 0 Å². The molecule has 2 aromatic heterocycles. The highest BCUT2D eigenvalue weighted by atomic mass is 32.2. The molecule has 2 aliphatic rings. The second kappa shape index (κ2) is 8.86. The summed E-state index contributed by atoms with van der Waals surface area (Å²) in [5.74, 6) is -0.333. The normalized spacial score (nSPS) is 18.5. The Morgan fingerprint density at radius 3 is 2.56 bits per heavy atom. The van der Waals surface area contributed by atoms with E-state index in [2.05, 4.69) is 20.6 Å². The van der Waals surface area contributed by atoms with E-state index in [1.54, 1.807) is 36.5 Å². The Balaban J connectivity index is 1.39. The molecule has 0 bridgehead atoms. The molecule has 2 N–H and O–H groups in total. The van der Waals surface area contributed by atoms with E-state index in [4.69, 9.17) is 4.74 Å². The summed E-state index contributed by atoms with van der Waals surface area (Å²) in [6, 6.07) is 10.2. The Kier molecular flexibility index (Phi) is 5.93. The monoisotopic (exact) mass is 472 g/mol. The van der Waals surface area contributed by atoms with Gasteiger partial charge in [0.1, 0.15) is 10.3 Å². The van der Waals surface area contributed by atoms with Gasteiger partial charge in [0.2, 0.25) is 0 Å². The number of benzene rings is 1. The minimum atomic E-state index is -3.28. The van der Waals surface area contributed by atoms with Crippen LogP contribution in [0.5, 0.6) is 0 Å². The summed E-state index contributed by atoms with van der Waals surface area (Å²) in [5.41, 5.74) is 1.34. The Morgan fingerprint density at radius 1 is 1.12 bits per heavy atom. The van der Waals surface area contributed by atoms with E-state index in [0.29, 0.717) is 28.4 Å². The van der Waals surface area contributed by atoms with Gasteiger partial charge in [0, 0.05) is 6.20 Å². The minimum absolute atomic E-state index is 0.0566. The molecule has 1 aromatic carbocycles. The molecule has 1 aliphatic carbocycles. The van der Waals surface area contributed by atoms with E-state index in [9.17, 15) is 13.2 Å². The molecule has 1 unspecified atom stereocenters. The van der Waals surface area contributed by atoms with Gasteiger partial charge < -0.3 is 10.1 Å². The third-order valence-electron chi connectivity index (χ3n) is 5.72. The molecule has 1 saturated carbocycles. The molecule has 2 fully saturated rings. The van der Waals surface area contributed by atoms with Gasteiger partial charge in [-0.05, 0) is 68.6 Å². The van der Waals surface area contributed by atoms with Crippen molar-refractivity contribution in [3.63, 3.8) is 0 Å². The third-order valence-corrected chi connectivity index (χ3v) is 8.90. The lowest BCUT2D eigenvalue weighted by Crippen LogP contribution is -2.35. The van der Waals surface area contributed by atoms with Gasteiger partial charge in [-0.1, -0.05) is 23.5 Å². The first-order chi connectivity index (χ1) is 15.5. The van der Waals surface area contributed by atoms with Gasteiger partial charge in [-0.3, -0.25) is 10.1 Å². The third kappa shape index (κ3) is 4.54. The highest BCUT2D eigenvalue weighted by Crippen LogP contribution is 2.34. The molecule has 0 radical (unpaired) electrons. The number of ether oxygens (including phenoxy) is 1. The fourth-order valence-corrected chi connectivity index (χ4v) is 6.28. The lowest BCUT2D eigenvalue weighted by atomic mass is 10.1. The Bertz CT molecular complexity index is 1180. The van der Waals surface area contributed by atoms with Crippen molar-refractivity contribution < 1.29 is 17.9 Å². The van der Waals surface area contributed by atoms with Gasteiger partial charge in [-0.2, -0.15) is 0 Å². The number of nitrogens with zero attached hydrogens (tertiary/aromatic N) is 2. The maximum absolute atomic E-state index is 13.2. The Labute approximate surface area is 190 Å². The summed E-state index contributed by atoms with van der Waals surface area (Å²) in [6.07, 6.45) is 3.81. The molecule has 3 aromatic rings. The van der Waals surface area contributed by atoms with Crippen molar-refractivity contribution in [1.82, 2.24) is 15.3 Å². The molecule has 1 aliphatic heterocycles. The SMILES string of the molecule is O=C(Nc1nc2cccnc2s1)C(OC1CCNCC1)c1ccc(S(=O)(=O)C2CC2)cc1. The molecular formula is C22H24N4O4S2. The molecule has 5 rings (SSSR count). The molecule has 32 heavy (non-hydrogen) atoms. The highest BCUT2D eigenvalue weighted by Gasteiger charge is 2.37. The van der Waals surface area contributed by atoms with Crippen molar-refractivity contribution in [2.45, 2.75) is 48.0 Å². The van der Waals surface area contributed by atoms with Gasteiger partial charge in [0.25, 0.3) is 5.91 Å². The topological polar surface area (TPSA) is 110 Å². The summed E-state index contributed by atoms with van der Waals surface area (Å²) in [7, 11) is -3.28. The molecule has 1 atom stereocenters. The predicted molar refractivity (Wildman–Crippen MR) is 122 cm³/mol. The summed E-state index contributed by atoms with van der Waals surface area (Å²) in [6.45, 7) is 1.67. The smallest absolute Gasteiger partial charge is 0.259 e. The van der Waals surface area contributed by atoms with Crippen molar-refractivity contribution in [3.8, 4) is 0 Å². The highest BCUT2D eigenvalue weighted by molar-refractivity contribution is 7.92. The summed E-state index contributed by atoms with van der Waals surface area (Å²) >= 11 is 1.30. The number of sulfone groups is 1. The van der Waals surface area contributed by atoms with Gasteiger partial charge in [0.05, 0.1) is 16.2 Å². The molecule has 1 saturated heterocycles. The second-order valence-corrected chi connectivity index (χ2v) is 11.3. The number of piperidine rings is 1. The number of thiazole rings is 1. The Hall–Kier alpha value is -2.40. The standard InChI is InChI=1S/C22H24N4O4S2/c27-20(26-22-25-18-2-1-11-24-21(18)31-22)19(30-15-9-12-23-13-10-15)14-3-5-16(6-4-14)32(28,29)17-7-8-17/h1-6,11,15,17,19,23H,7-10,12-13H2,(H,25,26,27). The lowest BCUT2D eigenvalue weighted by Gasteiger charge is -2.27. The van der Waals surface area contributed by atoms with Crippen LogP contribution in [-0.4, -0.2) is 48.7 Å². The fraction of sp³-hybridized carbons (Fsp3) is 0.409. The zero-order valence-electron chi connectivity index (χ0n) is 17.4. The number of rotatable bonds is 7. The van der Waals surface area contributed by atoms with E-state index in [-0.39, 0.29) is 17.3 Å². The molecule has 3 heterocycles. The zero-order chi connectivity index (χ0) is 22.1. The molecule has 10 heteroatoms. The van der Waals surface area contributed by atoms with Crippen molar-refractivity contribution in [3.05, 3.63) is 48.2 Å². The predicted octanol–water partition coefficient (Wildman–Crippen LogP) is 3.08. The number of anilines is 1. The number of hydrogen-bond donors (Lipinski definition) is 2. The number of hydrogen-bond acceptors (Lipinski definition) is 8. The van der Waals surface area contributed by atoms with E-state index in [0.717, 1.165) is 36.3 Å². The largest absolute Gasteiger partial charge is 0.360 e. The van der Waals surface area contributed by atoms with Gasteiger partial charge >= 0.3 is 0 Å². The van der Waals surface area contributed by atoms with Crippen LogP contribution in [0.1, 0.15) is 37.4 Å². The second-order valence-electron chi connectivity index (χ2n) is 8.11. The van der Waals surface area contributed by atoms with Crippen LogP contribution in [0.2, 0.25) is 0 Å². The quantitative estimate of drug-likeness (QED) is 0.544. The van der Waals surface area contributed by atoms with Crippen LogP contribution < -0.4 is 10.6 Å². The number of carbonyl (C=O) groups excluding carboxylic acids is 1. The maximum atomic E-state index is 13.2. The van der Waals surface area contributed by atoms with Gasteiger partial charge in [0.15, 0.2) is 21.1 Å². The van der Waals surface area contributed by atoms with Crippen molar-refractivity contribution >= 4 is 42.6 Å². The molecule has 168 valence electrons. The first-order valence-electron chi connectivity index (χ1n) is 10.7. The van der Waals surface area contributed by atoms with Crippen molar-refractivity contribution in [2.24, 2.45) is 0 Å². The van der Waals surface area contributed by atoms with E-state index < -0.39 is 15.9 Å². The van der Waals surface area contributed by atoms with Crippen LogP contribution in [0.4, 0.5) is 5.13 Å². The maximum Gasteiger partial charge on any atom is 0.259 e. The van der Waals surface area contributed by atoms with E-state index in [1.165, 1.54) is 11.3 Å². The van der Waals surface area contributed by atoms with E-state index >= 15 is 0 Å². The molecule has 1 amide bonds. The van der Waals surface area contributed by atoms with Crippen LogP contribution in [0.3, 0.4) is 0 Å². The zero-order valence-corrected chi connectivity index (χ0v) is 19.0. The van der Waals surface area contributed by atoms with E-state index in [1.807, 2.05) is 6.07 Å². The van der Waals surface area contributed by atoms with Crippen LogP contribution in [0.15, 0.2) is 47.5 Å². The molecule has 8 nitrogen and oxygen atoms in total. The molecular weight excluding hydrogens is 448 g/mol. The number of pyridine rings is 1. The van der Waals surface area contributed by atoms with Crippen LogP contribution in [0.25, 0.3) is 10.3 Å². The lowest BCUT2D eigenvalue weighted by molar-refractivity contribution is -0.133. The number of fused-ring (bicyclic) bond motifs is 1.